The highest BCUT2D eigenvalue weighted by atomic mass is 127. The summed E-state index contributed by atoms with van der Waals surface area (Å²) in [6, 6.07) is 13.9. The number of rotatable bonds is 8. The first kappa shape index (κ1) is 25.3. The zero-order valence-electron chi connectivity index (χ0n) is 18.0. The van der Waals surface area contributed by atoms with E-state index in [1.807, 2.05) is 35.2 Å². The molecular formula is C23H30ClIN4O2. The first-order valence-corrected chi connectivity index (χ1v) is 10.6. The summed E-state index contributed by atoms with van der Waals surface area (Å²) in [7, 11) is 3.38. The van der Waals surface area contributed by atoms with Gasteiger partial charge in [0.1, 0.15) is 5.75 Å². The zero-order chi connectivity index (χ0) is 21.3. The summed E-state index contributed by atoms with van der Waals surface area (Å²) < 4.78 is 5.19. The second-order valence-electron chi connectivity index (χ2n) is 7.25. The third kappa shape index (κ3) is 7.28. The molecule has 6 nitrogen and oxygen atoms in total. The van der Waals surface area contributed by atoms with Crippen LogP contribution in [-0.2, 0) is 24.3 Å². The molecule has 1 aliphatic heterocycles. The standard InChI is InChI=1S/C23H29ClN4O2.HI/c1-25-23(26-12-11-17-9-10-20(30-2)14-21(17)24)27-15-18-6-3-4-7-19(18)16-28-13-5-8-22(28)29;/h3-4,6-7,9-10,14H,5,8,11-13,15-16H2,1-2H3,(H2,25,26,27);1H. The van der Waals surface area contributed by atoms with Crippen LogP contribution in [0.3, 0.4) is 0 Å². The summed E-state index contributed by atoms with van der Waals surface area (Å²) in [6.45, 7) is 2.85. The van der Waals surface area contributed by atoms with Crippen LogP contribution in [0.15, 0.2) is 47.5 Å². The number of aliphatic imine (C=N–C) groups is 1. The smallest absolute Gasteiger partial charge is 0.222 e. The van der Waals surface area contributed by atoms with Crippen molar-refractivity contribution in [2.75, 3.05) is 27.2 Å². The van der Waals surface area contributed by atoms with Gasteiger partial charge >= 0.3 is 0 Å². The Bertz CT molecular complexity index is 907. The SMILES string of the molecule is CN=C(NCCc1ccc(OC)cc1Cl)NCc1ccccc1CN1CCCC1=O.I. The number of nitrogens with one attached hydrogen (secondary N) is 2. The number of guanidine groups is 1. The number of carbonyl (C=O) groups excluding carboxylic acids is 1. The molecule has 1 heterocycles. The molecule has 0 unspecified atom stereocenters. The van der Waals surface area contributed by atoms with Crippen LogP contribution in [0.2, 0.25) is 5.02 Å². The van der Waals surface area contributed by atoms with E-state index in [1.54, 1.807) is 14.2 Å². The van der Waals surface area contributed by atoms with Gasteiger partial charge in [0, 0.05) is 44.7 Å². The van der Waals surface area contributed by atoms with Gasteiger partial charge in [-0.3, -0.25) is 9.79 Å². The van der Waals surface area contributed by atoms with Gasteiger partial charge in [-0.25, -0.2) is 0 Å². The summed E-state index contributed by atoms with van der Waals surface area (Å²) in [5, 5.41) is 7.39. The van der Waals surface area contributed by atoms with Crippen molar-refractivity contribution in [1.82, 2.24) is 15.5 Å². The highest BCUT2D eigenvalue weighted by molar-refractivity contribution is 14.0. The van der Waals surface area contributed by atoms with Crippen LogP contribution in [0.1, 0.15) is 29.5 Å². The van der Waals surface area contributed by atoms with Crippen LogP contribution in [0, 0.1) is 0 Å². The van der Waals surface area contributed by atoms with Crippen molar-refractivity contribution in [1.29, 1.82) is 0 Å². The first-order chi connectivity index (χ1) is 14.6. The summed E-state index contributed by atoms with van der Waals surface area (Å²) in [6.07, 6.45) is 2.39. The fourth-order valence-corrected chi connectivity index (χ4v) is 3.80. The quantitative estimate of drug-likeness (QED) is 0.293. The monoisotopic (exact) mass is 556 g/mol. The largest absolute Gasteiger partial charge is 0.497 e. The van der Waals surface area contributed by atoms with Gasteiger partial charge < -0.3 is 20.3 Å². The molecule has 31 heavy (non-hydrogen) atoms. The summed E-state index contributed by atoms with van der Waals surface area (Å²) in [4.78, 5) is 18.2. The Morgan fingerprint density at radius 1 is 1.16 bits per heavy atom. The highest BCUT2D eigenvalue weighted by Crippen LogP contribution is 2.22. The molecule has 2 N–H and O–H groups in total. The molecule has 2 aromatic rings. The van der Waals surface area contributed by atoms with Crippen molar-refractivity contribution in [3.63, 3.8) is 0 Å². The molecule has 0 aliphatic carbocycles. The lowest BCUT2D eigenvalue weighted by molar-refractivity contribution is -0.128. The maximum absolute atomic E-state index is 12.0. The molecule has 1 fully saturated rings. The number of amides is 1. The van der Waals surface area contributed by atoms with Gasteiger partial charge in [-0.15, -0.1) is 24.0 Å². The molecule has 0 radical (unpaired) electrons. The fourth-order valence-electron chi connectivity index (χ4n) is 3.53. The van der Waals surface area contributed by atoms with Crippen LogP contribution in [-0.4, -0.2) is 44.0 Å². The Balaban J connectivity index is 0.00000341. The minimum absolute atomic E-state index is 0. The van der Waals surface area contributed by atoms with Crippen molar-refractivity contribution >= 4 is 47.4 Å². The van der Waals surface area contributed by atoms with Gasteiger partial charge in [0.05, 0.1) is 7.11 Å². The highest BCUT2D eigenvalue weighted by Gasteiger charge is 2.20. The van der Waals surface area contributed by atoms with Crippen LogP contribution in [0.25, 0.3) is 0 Å². The minimum atomic E-state index is 0. The molecule has 0 atom stereocenters. The molecule has 1 aliphatic rings. The number of halogens is 2. The molecule has 8 heteroatoms. The van der Waals surface area contributed by atoms with Crippen LogP contribution in [0.5, 0.6) is 5.75 Å². The molecule has 2 aromatic carbocycles. The fraction of sp³-hybridized carbons (Fsp3) is 0.391. The minimum Gasteiger partial charge on any atom is -0.497 e. The third-order valence-electron chi connectivity index (χ3n) is 5.27. The number of carbonyl (C=O) groups is 1. The van der Waals surface area contributed by atoms with Crippen LogP contribution in [0.4, 0.5) is 0 Å². The van der Waals surface area contributed by atoms with Gasteiger partial charge in [-0.1, -0.05) is 41.9 Å². The predicted molar refractivity (Wildman–Crippen MR) is 136 cm³/mol. The Kier molecular flexibility index (Phi) is 10.4. The number of likely N-dealkylation sites (tertiary alicyclic amines) is 1. The molecule has 0 aromatic heterocycles. The summed E-state index contributed by atoms with van der Waals surface area (Å²) in [5.41, 5.74) is 3.39. The normalized spacial score (nSPS) is 13.7. The molecular weight excluding hydrogens is 527 g/mol. The zero-order valence-corrected chi connectivity index (χ0v) is 21.1. The van der Waals surface area contributed by atoms with Crippen LogP contribution >= 0.6 is 35.6 Å². The number of nitrogens with zero attached hydrogens (tertiary/aromatic N) is 2. The molecule has 0 spiro atoms. The number of hydrogen-bond acceptors (Lipinski definition) is 3. The van der Waals surface area contributed by atoms with E-state index in [0.29, 0.717) is 31.1 Å². The molecule has 1 amide bonds. The maximum atomic E-state index is 12.0. The molecule has 168 valence electrons. The van der Waals surface area contributed by atoms with E-state index in [-0.39, 0.29) is 29.9 Å². The number of benzene rings is 2. The van der Waals surface area contributed by atoms with Crippen molar-refractivity contribution in [2.24, 2.45) is 4.99 Å². The second kappa shape index (κ2) is 12.8. The van der Waals surface area contributed by atoms with Gasteiger partial charge in [-0.2, -0.15) is 0 Å². The van der Waals surface area contributed by atoms with Crippen molar-refractivity contribution in [3.05, 3.63) is 64.2 Å². The third-order valence-corrected chi connectivity index (χ3v) is 5.62. The topological polar surface area (TPSA) is 66.0 Å². The number of methoxy groups -OCH3 is 1. The van der Waals surface area contributed by atoms with E-state index < -0.39 is 0 Å². The summed E-state index contributed by atoms with van der Waals surface area (Å²) in [5.74, 6) is 1.72. The lowest BCUT2D eigenvalue weighted by atomic mass is 10.1. The predicted octanol–water partition coefficient (Wildman–Crippen LogP) is 4.00. The van der Waals surface area contributed by atoms with Crippen molar-refractivity contribution < 1.29 is 9.53 Å². The van der Waals surface area contributed by atoms with Gasteiger partial charge in [-0.05, 0) is 41.7 Å². The number of hydrogen-bond donors (Lipinski definition) is 2. The van der Waals surface area contributed by atoms with Crippen molar-refractivity contribution in [3.8, 4) is 5.75 Å². The molecule has 3 rings (SSSR count). The van der Waals surface area contributed by atoms with E-state index in [2.05, 4.69) is 27.8 Å². The van der Waals surface area contributed by atoms with E-state index >= 15 is 0 Å². The Morgan fingerprint density at radius 3 is 2.58 bits per heavy atom. The average Bonchev–Trinajstić information content (AvgIpc) is 3.16. The number of ether oxygens (including phenoxy) is 1. The molecule has 1 saturated heterocycles. The Morgan fingerprint density at radius 2 is 1.94 bits per heavy atom. The first-order valence-electron chi connectivity index (χ1n) is 10.2. The summed E-state index contributed by atoms with van der Waals surface area (Å²) >= 11 is 6.31. The van der Waals surface area contributed by atoms with E-state index in [4.69, 9.17) is 16.3 Å². The van der Waals surface area contributed by atoms with E-state index in [1.165, 1.54) is 11.1 Å². The van der Waals surface area contributed by atoms with E-state index in [0.717, 1.165) is 36.7 Å². The van der Waals surface area contributed by atoms with Gasteiger partial charge in [0.2, 0.25) is 5.91 Å². The second-order valence-corrected chi connectivity index (χ2v) is 7.65. The lowest BCUT2D eigenvalue weighted by Crippen LogP contribution is -2.38. The Labute approximate surface area is 206 Å². The maximum Gasteiger partial charge on any atom is 0.222 e. The van der Waals surface area contributed by atoms with E-state index in [9.17, 15) is 4.79 Å². The molecule has 0 bridgehead atoms. The molecule has 0 saturated carbocycles. The Hall–Kier alpha value is -2.00. The van der Waals surface area contributed by atoms with Crippen LogP contribution < -0.4 is 15.4 Å². The van der Waals surface area contributed by atoms with Gasteiger partial charge in [0.25, 0.3) is 0 Å². The lowest BCUT2D eigenvalue weighted by Gasteiger charge is -2.19. The van der Waals surface area contributed by atoms with Crippen molar-refractivity contribution in [2.45, 2.75) is 32.4 Å². The van der Waals surface area contributed by atoms with Gasteiger partial charge in [0.15, 0.2) is 5.96 Å². The average molecular weight is 557 g/mol.